The van der Waals surface area contributed by atoms with Crippen molar-refractivity contribution in [1.82, 2.24) is 9.78 Å². The van der Waals surface area contributed by atoms with Crippen LogP contribution < -0.4 is 5.32 Å². The minimum Gasteiger partial charge on any atom is -0.381 e. The molecule has 0 saturated heterocycles. The summed E-state index contributed by atoms with van der Waals surface area (Å²) in [6, 6.07) is 7.42. The first-order chi connectivity index (χ1) is 9.13. The lowest BCUT2D eigenvalue weighted by atomic mass is 10.2. The fourth-order valence-electron chi connectivity index (χ4n) is 1.95. The number of aryl methyl sites for hydroxylation is 2. The summed E-state index contributed by atoms with van der Waals surface area (Å²) in [5, 5.41) is 17.1. The van der Waals surface area contributed by atoms with Crippen molar-refractivity contribution in [2.24, 2.45) is 7.05 Å². The van der Waals surface area contributed by atoms with Crippen LogP contribution >= 0.6 is 11.6 Å². The predicted octanol–water partition coefficient (Wildman–Crippen LogP) is 3.12. The molecule has 0 fully saturated rings. The van der Waals surface area contributed by atoms with E-state index in [1.165, 1.54) is 5.56 Å². The van der Waals surface area contributed by atoms with Crippen molar-refractivity contribution in [2.75, 3.05) is 5.32 Å². The molecule has 0 saturated carbocycles. The average molecular weight is 275 g/mol. The van der Waals surface area contributed by atoms with Crippen molar-refractivity contribution in [3.05, 3.63) is 46.2 Å². The Hall–Kier alpha value is -1.99. The molecule has 2 rings (SSSR count). The van der Waals surface area contributed by atoms with E-state index in [4.69, 9.17) is 16.9 Å². The Kier molecular flexibility index (Phi) is 4.08. The van der Waals surface area contributed by atoms with Crippen LogP contribution in [0.25, 0.3) is 0 Å². The molecule has 0 aliphatic carbocycles. The van der Waals surface area contributed by atoms with Gasteiger partial charge in [0.25, 0.3) is 0 Å². The van der Waals surface area contributed by atoms with Gasteiger partial charge in [-0.15, -0.1) is 0 Å². The van der Waals surface area contributed by atoms with E-state index in [1.54, 1.807) is 12.1 Å². The molecule has 19 heavy (non-hydrogen) atoms. The van der Waals surface area contributed by atoms with E-state index in [-0.39, 0.29) is 0 Å². The molecule has 0 atom stereocenters. The molecule has 1 heterocycles. The number of nitriles is 1. The van der Waals surface area contributed by atoms with Crippen molar-refractivity contribution in [3.8, 4) is 6.07 Å². The quantitative estimate of drug-likeness (QED) is 0.932. The number of anilines is 1. The smallest absolute Gasteiger partial charge is 0.101 e. The largest absolute Gasteiger partial charge is 0.381 e. The minimum atomic E-state index is 0.476. The zero-order chi connectivity index (χ0) is 13.8. The normalized spacial score (nSPS) is 10.2. The molecule has 1 aromatic heterocycles. The van der Waals surface area contributed by atoms with Crippen LogP contribution in [0, 0.1) is 11.3 Å². The molecule has 0 spiro atoms. The number of hydrogen-bond donors (Lipinski definition) is 1. The maximum atomic E-state index is 8.94. The zero-order valence-electron chi connectivity index (χ0n) is 10.9. The highest BCUT2D eigenvalue weighted by Gasteiger charge is 2.06. The van der Waals surface area contributed by atoms with Gasteiger partial charge in [-0.1, -0.05) is 18.5 Å². The highest BCUT2D eigenvalue weighted by Crippen LogP contribution is 2.20. The van der Waals surface area contributed by atoms with E-state index in [2.05, 4.69) is 23.4 Å². The van der Waals surface area contributed by atoms with Crippen LogP contribution in [0.5, 0.6) is 0 Å². The van der Waals surface area contributed by atoms with E-state index in [0.29, 0.717) is 17.1 Å². The Morgan fingerprint density at radius 3 is 2.95 bits per heavy atom. The molecule has 0 aliphatic rings. The van der Waals surface area contributed by atoms with Gasteiger partial charge in [0.05, 0.1) is 16.3 Å². The third kappa shape index (κ3) is 3.07. The van der Waals surface area contributed by atoms with E-state index >= 15 is 0 Å². The highest BCUT2D eigenvalue weighted by atomic mass is 35.5. The van der Waals surface area contributed by atoms with Gasteiger partial charge in [0, 0.05) is 31.0 Å². The molecular weight excluding hydrogens is 260 g/mol. The lowest BCUT2D eigenvalue weighted by molar-refractivity contribution is 0.746. The summed E-state index contributed by atoms with van der Waals surface area (Å²) in [7, 11) is 1.92. The van der Waals surface area contributed by atoms with Crippen LogP contribution in [-0.4, -0.2) is 9.78 Å². The molecule has 98 valence electrons. The van der Waals surface area contributed by atoms with Gasteiger partial charge in [-0.3, -0.25) is 4.68 Å². The molecule has 0 bridgehead atoms. The van der Waals surface area contributed by atoms with E-state index in [9.17, 15) is 0 Å². The number of nitrogens with one attached hydrogen (secondary N) is 1. The van der Waals surface area contributed by atoms with Crippen LogP contribution in [0.15, 0.2) is 24.4 Å². The summed E-state index contributed by atoms with van der Waals surface area (Å²) < 4.78 is 1.82. The third-order valence-electron chi connectivity index (χ3n) is 2.90. The van der Waals surface area contributed by atoms with Crippen molar-refractivity contribution < 1.29 is 0 Å². The van der Waals surface area contributed by atoms with Crippen LogP contribution in [0.4, 0.5) is 5.69 Å². The Morgan fingerprint density at radius 1 is 1.47 bits per heavy atom. The maximum Gasteiger partial charge on any atom is 0.101 e. The molecule has 0 radical (unpaired) electrons. The molecule has 5 heteroatoms. The molecule has 2 aromatic rings. The Morgan fingerprint density at radius 2 is 2.26 bits per heavy atom. The lowest BCUT2D eigenvalue weighted by Crippen LogP contribution is -2.01. The SMILES string of the molecule is CCc1nn(C)cc1CNc1ccc(Cl)c(C#N)c1. The van der Waals surface area contributed by atoms with E-state index < -0.39 is 0 Å². The number of benzene rings is 1. The number of aromatic nitrogens is 2. The van der Waals surface area contributed by atoms with E-state index in [1.807, 2.05) is 24.0 Å². The first-order valence-corrected chi connectivity index (χ1v) is 6.46. The van der Waals surface area contributed by atoms with Crippen LogP contribution in [0.2, 0.25) is 5.02 Å². The van der Waals surface area contributed by atoms with E-state index in [0.717, 1.165) is 17.8 Å². The first kappa shape index (κ1) is 13.4. The van der Waals surface area contributed by atoms with Gasteiger partial charge in [-0.2, -0.15) is 10.4 Å². The molecule has 0 aliphatic heterocycles. The van der Waals surface area contributed by atoms with Crippen molar-refractivity contribution in [3.63, 3.8) is 0 Å². The monoisotopic (exact) mass is 274 g/mol. The topological polar surface area (TPSA) is 53.6 Å². The maximum absolute atomic E-state index is 8.94. The Balaban J connectivity index is 2.12. The second-order valence-corrected chi connectivity index (χ2v) is 4.70. The lowest BCUT2D eigenvalue weighted by Gasteiger charge is -2.07. The van der Waals surface area contributed by atoms with Crippen molar-refractivity contribution in [2.45, 2.75) is 19.9 Å². The van der Waals surface area contributed by atoms with Gasteiger partial charge in [0.15, 0.2) is 0 Å². The Bertz CT molecular complexity index is 625. The van der Waals surface area contributed by atoms with Crippen LogP contribution in [0.1, 0.15) is 23.7 Å². The number of hydrogen-bond acceptors (Lipinski definition) is 3. The summed E-state index contributed by atoms with van der Waals surface area (Å²) in [5.41, 5.74) is 3.61. The van der Waals surface area contributed by atoms with Crippen LogP contribution in [-0.2, 0) is 20.0 Å². The summed E-state index contributed by atoms with van der Waals surface area (Å²) >= 11 is 5.90. The molecule has 4 nitrogen and oxygen atoms in total. The standard InChI is InChI=1S/C14H15ClN4/c1-3-14-11(9-19(2)18-14)8-17-12-4-5-13(15)10(6-12)7-16/h4-6,9,17H,3,8H2,1-2H3. The summed E-state index contributed by atoms with van der Waals surface area (Å²) in [4.78, 5) is 0. The van der Waals surface area contributed by atoms with Gasteiger partial charge in [0.2, 0.25) is 0 Å². The van der Waals surface area contributed by atoms with Gasteiger partial charge in [-0.25, -0.2) is 0 Å². The van der Waals surface area contributed by atoms with Gasteiger partial charge in [0.1, 0.15) is 6.07 Å². The minimum absolute atomic E-state index is 0.476. The fraction of sp³-hybridized carbons (Fsp3) is 0.286. The summed E-state index contributed by atoms with van der Waals surface area (Å²) in [6.07, 6.45) is 2.91. The second-order valence-electron chi connectivity index (χ2n) is 4.29. The molecule has 0 unspecified atom stereocenters. The number of nitrogens with zero attached hydrogens (tertiary/aromatic N) is 3. The highest BCUT2D eigenvalue weighted by molar-refractivity contribution is 6.31. The summed E-state index contributed by atoms with van der Waals surface area (Å²) in [5.74, 6) is 0. The number of rotatable bonds is 4. The zero-order valence-corrected chi connectivity index (χ0v) is 11.7. The van der Waals surface area contributed by atoms with Crippen molar-refractivity contribution >= 4 is 17.3 Å². The average Bonchev–Trinajstić information content (AvgIpc) is 2.78. The van der Waals surface area contributed by atoms with Gasteiger partial charge in [-0.05, 0) is 24.6 Å². The van der Waals surface area contributed by atoms with Crippen molar-refractivity contribution in [1.29, 1.82) is 5.26 Å². The first-order valence-electron chi connectivity index (χ1n) is 6.09. The predicted molar refractivity (Wildman–Crippen MR) is 76.1 cm³/mol. The third-order valence-corrected chi connectivity index (χ3v) is 3.23. The molecule has 1 aromatic carbocycles. The fourth-order valence-corrected chi connectivity index (χ4v) is 2.11. The Labute approximate surface area is 117 Å². The van der Waals surface area contributed by atoms with Gasteiger partial charge < -0.3 is 5.32 Å². The second kappa shape index (κ2) is 5.77. The summed E-state index contributed by atoms with van der Waals surface area (Å²) in [6.45, 7) is 2.77. The molecular formula is C14H15ClN4. The van der Waals surface area contributed by atoms with Crippen LogP contribution in [0.3, 0.4) is 0 Å². The van der Waals surface area contributed by atoms with Gasteiger partial charge >= 0.3 is 0 Å². The molecule has 1 N–H and O–H groups in total. The molecule has 0 amide bonds. The number of halogens is 1.